The molecule has 25 heavy (non-hydrogen) atoms. The number of urea groups is 1. The lowest BCUT2D eigenvalue weighted by atomic mass is 10.0. The van der Waals surface area contributed by atoms with E-state index in [1.54, 1.807) is 0 Å². The van der Waals surface area contributed by atoms with Gasteiger partial charge in [-0.1, -0.05) is 30.3 Å². The van der Waals surface area contributed by atoms with Crippen LogP contribution in [0.15, 0.2) is 30.3 Å². The van der Waals surface area contributed by atoms with E-state index in [-0.39, 0.29) is 6.03 Å². The van der Waals surface area contributed by atoms with Gasteiger partial charge in [-0.15, -0.1) is 0 Å². The highest BCUT2D eigenvalue weighted by Gasteiger charge is 2.26. The van der Waals surface area contributed by atoms with Crippen molar-refractivity contribution in [2.75, 3.05) is 31.6 Å². The molecule has 0 aliphatic carbocycles. The number of aromatic nitrogens is 2. The van der Waals surface area contributed by atoms with Crippen LogP contribution < -0.4 is 10.2 Å². The molecule has 1 aliphatic heterocycles. The van der Waals surface area contributed by atoms with Gasteiger partial charge >= 0.3 is 6.03 Å². The number of hydrogen-bond donors (Lipinski definition) is 1. The van der Waals surface area contributed by atoms with Crippen LogP contribution in [0.1, 0.15) is 25.1 Å². The topological polar surface area (TPSA) is 61.4 Å². The highest BCUT2D eigenvalue weighted by Crippen LogP contribution is 2.29. The highest BCUT2D eigenvalue weighted by molar-refractivity contribution is 5.75. The fourth-order valence-corrected chi connectivity index (χ4v) is 3.01. The molecule has 0 saturated heterocycles. The van der Waals surface area contributed by atoms with Crippen molar-refractivity contribution in [3.05, 3.63) is 41.6 Å². The third-order valence-corrected chi connectivity index (χ3v) is 4.52. The average molecular weight is 339 g/mol. The minimum absolute atomic E-state index is 0.0228. The van der Waals surface area contributed by atoms with Crippen LogP contribution in [0.2, 0.25) is 0 Å². The second kappa shape index (κ2) is 7.51. The molecule has 1 aromatic carbocycles. The Morgan fingerprint density at radius 2 is 2.00 bits per heavy atom. The molecule has 1 aromatic heterocycles. The van der Waals surface area contributed by atoms with Crippen LogP contribution in [0.25, 0.3) is 11.4 Å². The van der Waals surface area contributed by atoms with Crippen LogP contribution in [-0.4, -0.2) is 47.6 Å². The van der Waals surface area contributed by atoms with Crippen molar-refractivity contribution in [1.29, 1.82) is 0 Å². The maximum Gasteiger partial charge on any atom is 0.317 e. The van der Waals surface area contributed by atoms with Crippen LogP contribution >= 0.6 is 0 Å². The quantitative estimate of drug-likeness (QED) is 0.930. The van der Waals surface area contributed by atoms with Crippen molar-refractivity contribution >= 4 is 11.8 Å². The summed E-state index contributed by atoms with van der Waals surface area (Å²) < 4.78 is 0. The molecule has 2 heterocycles. The fourth-order valence-electron chi connectivity index (χ4n) is 3.01. The zero-order valence-corrected chi connectivity index (χ0v) is 15.1. The standard InChI is InChI=1S/C19H25N5O/c1-4-20-19(25)24-12-11-16-15(13-24)18(23(3)5-2)22-17(21-16)14-9-7-6-8-10-14/h6-10H,4-5,11-13H2,1-3H3,(H,20,25). The van der Waals surface area contributed by atoms with Gasteiger partial charge in [0.05, 0.1) is 12.2 Å². The molecular formula is C19H25N5O. The SMILES string of the molecule is CCNC(=O)N1CCc2nc(-c3ccccc3)nc(N(C)CC)c2C1. The van der Waals surface area contributed by atoms with Crippen molar-refractivity contribution in [3.8, 4) is 11.4 Å². The summed E-state index contributed by atoms with van der Waals surface area (Å²) in [4.78, 5) is 25.8. The lowest BCUT2D eigenvalue weighted by Gasteiger charge is -2.31. The number of carbonyl (C=O) groups excluding carboxylic acids is 1. The first-order valence-electron chi connectivity index (χ1n) is 8.83. The number of carbonyl (C=O) groups is 1. The summed E-state index contributed by atoms with van der Waals surface area (Å²) in [6.07, 6.45) is 0.749. The zero-order valence-electron chi connectivity index (χ0n) is 15.1. The predicted octanol–water partition coefficient (Wildman–Crippen LogP) is 2.69. The van der Waals surface area contributed by atoms with E-state index in [9.17, 15) is 4.79 Å². The number of nitrogens with zero attached hydrogens (tertiary/aromatic N) is 4. The summed E-state index contributed by atoms with van der Waals surface area (Å²) >= 11 is 0. The number of hydrogen-bond acceptors (Lipinski definition) is 4. The van der Waals surface area contributed by atoms with E-state index < -0.39 is 0 Å². The first-order chi connectivity index (χ1) is 12.1. The molecule has 2 amide bonds. The Labute approximate surface area is 148 Å². The van der Waals surface area contributed by atoms with Crippen molar-refractivity contribution in [1.82, 2.24) is 20.2 Å². The summed E-state index contributed by atoms with van der Waals surface area (Å²) in [6.45, 7) is 6.74. The number of rotatable bonds is 4. The van der Waals surface area contributed by atoms with Crippen LogP contribution in [0.5, 0.6) is 0 Å². The van der Waals surface area contributed by atoms with Crippen LogP contribution in [0.4, 0.5) is 10.6 Å². The smallest absolute Gasteiger partial charge is 0.317 e. The second-order valence-electron chi connectivity index (χ2n) is 6.18. The third-order valence-electron chi connectivity index (χ3n) is 4.52. The first-order valence-corrected chi connectivity index (χ1v) is 8.83. The molecule has 1 aliphatic rings. The van der Waals surface area contributed by atoms with E-state index in [4.69, 9.17) is 9.97 Å². The van der Waals surface area contributed by atoms with Crippen molar-refractivity contribution in [3.63, 3.8) is 0 Å². The Morgan fingerprint density at radius 1 is 1.24 bits per heavy atom. The largest absolute Gasteiger partial charge is 0.360 e. The normalized spacial score (nSPS) is 13.3. The van der Waals surface area contributed by atoms with Gasteiger partial charge < -0.3 is 15.1 Å². The fraction of sp³-hybridized carbons (Fsp3) is 0.421. The van der Waals surface area contributed by atoms with E-state index in [2.05, 4.69) is 17.1 Å². The lowest BCUT2D eigenvalue weighted by Crippen LogP contribution is -2.43. The monoisotopic (exact) mass is 339 g/mol. The molecule has 0 unspecified atom stereocenters. The van der Waals surface area contributed by atoms with Crippen LogP contribution in [-0.2, 0) is 13.0 Å². The van der Waals surface area contributed by atoms with Gasteiger partial charge in [0, 0.05) is 44.2 Å². The molecule has 0 atom stereocenters. The van der Waals surface area contributed by atoms with Crippen LogP contribution in [0.3, 0.4) is 0 Å². The van der Waals surface area contributed by atoms with E-state index >= 15 is 0 Å². The van der Waals surface area contributed by atoms with Gasteiger partial charge in [0.15, 0.2) is 5.82 Å². The summed E-state index contributed by atoms with van der Waals surface area (Å²) in [5.74, 6) is 1.67. The predicted molar refractivity (Wildman–Crippen MR) is 99.6 cm³/mol. The molecule has 1 N–H and O–H groups in total. The molecule has 6 heteroatoms. The van der Waals surface area contributed by atoms with Gasteiger partial charge in [0.1, 0.15) is 5.82 Å². The Hall–Kier alpha value is -2.63. The third kappa shape index (κ3) is 3.57. The summed E-state index contributed by atoms with van der Waals surface area (Å²) in [7, 11) is 2.03. The zero-order chi connectivity index (χ0) is 17.8. The van der Waals surface area contributed by atoms with Crippen molar-refractivity contribution < 1.29 is 4.79 Å². The van der Waals surface area contributed by atoms with Crippen LogP contribution in [0, 0.1) is 0 Å². The number of amides is 2. The molecule has 3 rings (SSSR count). The summed E-state index contributed by atoms with van der Waals surface area (Å²) in [5.41, 5.74) is 3.12. The minimum atomic E-state index is -0.0228. The lowest BCUT2D eigenvalue weighted by molar-refractivity contribution is 0.192. The van der Waals surface area contributed by atoms with E-state index in [1.165, 1.54) is 0 Å². The van der Waals surface area contributed by atoms with Crippen molar-refractivity contribution in [2.45, 2.75) is 26.8 Å². The number of benzene rings is 1. The Balaban J connectivity index is 2.01. The molecule has 2 aromatic rings. The van der Waals surface area contributed by atoms with Gasteiger partial charge in [-0.25, -0.2) is 14.8 Å². The van der Waals surface area contributed by atoms with Crippen molar-refractivity contribution in [2.24, 2.45) is 0 Å². The molecule has 0 fully saturated rings. The van der Waals surface area contributed by atoms with Gasteiger partial charge in [0.25, 0.3) is 0 Å². The Morgan fingerprint density at radius 3 is 2.68 bits per heavy atom. The maximum atomic E-state index is 12.2. The molecule has 6 nitrogen and oxygen atoms in total. The van der Waals surface area contributed by atoms with E-state index in [1.807, 2.05) is 49.2 Å². The summed E-state index contributed by atoms with van der Waals surface area (Å²) in [5, 5.41) is 2.88. The van der Waals surface area contributed by atoms with Gasteiger partial charge in [-0.05, 0) is 13.8 Å². The highest BCUT2D eigenvalue weighted by atomic mass is 16.2. The molecule has 132 valence electrons. The van der Waals surface area contributed by atoms with Gasteiger partial charge in [0.2, 0.25) is 0 Å². The molecule has 0 saturated carbocycles. The van der Waals surface area contributed by atoms with Gasteiger partial charge in [-0.2, -0.15) is 0 Å². The van der Waals surface area contributed by atoms with E-state index in [0.717, 1.165) is 41.4 Å². The number of fused-ring (bicyclic) bond motifs is 1. The summed E-state index contributed by atoms with van der Waals surface area (Å²) in [6, 6.07) is 10.0. The van der Waals surface area contributed by atoms with E-state index in [0.29, 0.717) is 19.6 Å². The number of anilines is 1. The molecular weight excluding hydrogens is 314 g/mol. The first kappa shape index (κ1) is 17.2. The molecule has 0 radical (unpaired) electrons. The van der Waals surface area contributed by atoms with Gasteiger partial charge in [-0.3, -0.25) is 0 Å². The minimum Gasteiger partial charge on any atom is -0.360 e. The number of nitrogens with one attached hydrogen (secondary N) is 1. The Kier molecular flexibility index (Phi) is 5.16. The molecule has 0 spiro atoms. The molecule has 0 bridgehead atoms. The maximum absolute atomic E-state index is 12.2. The average Bonchev–Trinajstić information content (AvgIpc) is 2.67. The second-order valence-corrected chi connectivity index (χ2v) is 6.18. The Bertz CT molecular complexity index is 747.